The fraction of sp³-hybridized carbons (Fsp3) is 0.103. The molecule has 0 atom stereocenters. The maximum absolute atomic E-state index is 12.7. The van der Waals surface area contributed by atoms with Crippen LogP contribution in [0.2, 0.25) is 0 Å². The van der Waals surface area contributed by atoms with E-state index in [1.807, 2.05) is 54.0 Å². The average Bonchev–Trinajstić information content (AvgIpc) is 3.56. The maximum atomic E-state index is 12.7. The van der Waals surface area contributed by atoms with E-state index in [0.29, 0.717) is 11.0 Å². The molecule has 0 unspecified atom stereocenters. The Morgan fingerprint density at radius 2 is 1.81 bits per heavy atom. The summed E-state index contributed by atoms with van der Waals surface area (Å²) in [5.74, 6) is 0.227. The molecule has 0 aliphatic rings. The Labute approximate surface area is 214 Å². The Bertz CT molecular complexity index is 1490. The van der Waals surface area contributed by atoms with Gasteiger partial charge in [-0.3, -0.25) is 15.1 Å². The van der Waals surface area contributed by atoms with Gasteiger partial charge in [-0.05, 0) is 41.8 Å². The molecule has 7 heteroatoms. The van der Waals surface area contributed by atoms with E-state index in [-0.39, 0.29) is 5.91 Å². The van der Waals surface area contributed by atoms with E-state index >= 15 is 0 Å². The lowest BCUT2D eigenvalue weighted by molar-refractivity contribution is -0.111. The summed E-state index contributed by atoms with van der Waals surface area (Å²) in [6, 6.07) is 22.1. The number of anilines is 1. The third kappa shape index (κ3) is 5.31. The Kier molecular flexibility index (Phi) is 6.82. The standard InChI is InChI=1S/C29H25N5OS/c1-20(2)21-10-12-22(13-11-21)26-19-36-29(31-26)32-27(35)15-14-24-18-34(25-8-4-3-5-9-25)33-28(24)23-7-6-16-30-17-23/h3-20H,1-2H3,(H,31,32,35). The highest BCUT2D eigenvalue weighted by Gasteiger charge is 2.12. The number of nitrogens with one attached hydrogen (secondary N) is 1. The Hall–Kier alpha value is -4.36. The third-order valence-electron chi connectivity index (χ3n) is 5.72. The average molecular weight is 492 g/mol. The Morgan fingerprint density at radius 1 is 1.00 bits per heavy atom. The molecule has 0 aliphatic heterocycles. The first-order chi connectivity index (χ1) is 17.6. The second kappa shape index (κ2) is 10.5. The lowest BCUT2D eigenvalue weighted by Gasteiger charge is -2.05. The van der Waals surface area contributed by atoms with Gasteiger partial charge in [-0.2, -0.15) is 5.10 Å². The molecule has 1 N–H and O–H groups in total. The molecular formula is C29H25N5OS. The van der Waals surface area contributed by atoms with E-state index in [1.165, 1.54) is 23.0 Å². The van der Waals surface area contributed by atoms with Gasteiger partial charge in [0.15, 0.2) is 5.13 Å². The van der Waals surface area contributed by atoms with Crippen LogP contribution in [0.4, 0.5) is 5.13 Å². The van der Waals surface area contributed by atoms with Crippen LogP contribution in [-0.2, 0) is 4.79 Å². The smallest absolute Gasteiger partial charge is 0.250 e. The summed E-state index contributed by atoms with van der Waals surface area (Å²) in [4.78, 5) is 21.5. The van der Waals surface area contributed by atoms with Gasteiger partial charge in [0.1, 0.15) is 5.69 Å². The van der Waals surface area contributed by atoms with Gasteiger partial charge in [-0.25, -0.2) is 9.67 Å². The van der Waals surface area contributed by atoms with Crippen LogP contribution in [0.3, 0.4) is 0 Å². The second-order valence-electron chi connectivity index (χ2n) is 8.59. The van der Waals surface area contributed by atoms with Gasteiger partial charge in [0, 0.05) is 46.7 Å². The summed E-state index contributed by atoms with van der Waals surface area (Å²) >= 11 is 1.40. The minimum Gasteiger partial charge on any atom is -0.298 e. The summed E-state index contributed by atoms with van der Waals surface area (Å²) in [7, 11) is 0. The van der Waals surface area contributed by atoms with Crippen LogP contribution in [0.5, 0.6) is 0 Å². The second-order valence-corrected chi connectivity index (χ2v) is 9.45. The predicted octanol–water partition coefficient (Wildman–Crippen LogP) is 6.83. The molecular weight excluding hydrogens is 466 g/mol. The first-order valence-corrected chi connectivity index (χ1v) is 12.6. The maximum Gasteiger partial charge on any atom is 0.250 e. The van der Waals surface area contributed by atoms with E-state index in [0.717, 1.165) is 33.8 Å². The van der Waals surface area contributed by atoms with Crippen molar-refractivity contribution in [3.05, 3.63) is 108 Å². The summed E-state index contributed by atoms with van der Waals surface area (Å²) < 4.78 is 1.80. The van der Waals surface area contributed by atoms with E-state index in [1.54, 1.807) is 23.2 Å². The van der Waals surface area contributed by atoms with Crippen LogP contribution >= 0.6 is 11.3 Å². The van der Waals surface area contributed by atoms with Crippen molar-refractivity contribution in [1.82, 2.24) is 19.7 Å². The molecule has 0 saturated heterocycles. The van der Waals surface area contributed by atoms with Crippen molar-refractivity contribution in [3.63, 3.8) is 0 Å². The molecule has 2 aromatic carbocycles. The number of thiazole rings is 1. The number of hydrogen-bond acceptors (Lipinski definition) is 5. The molecule has 3 heterocycles. The Morgan fingerprint density at radius 3 is 2.53 bits per heavy atom. The van der Waals surface area contributed by atoms with Crippen LogP contribution in [0, 0.1) is 0 Å². The number of hydrogen-bond donors (Lipinski definition) is 1. The largest absolute Gasteiger partial charge is 0.298 e. The first kappa shape index (κ1) is 23.4. The highest BCUT2D eigenvalue weighted by molar-refractivity contribution is 7.14. The third-order valence-corrected chi connectivity index (χ3v) is 6.48. The van der Waals surface area contributed by atoms with Crippen molar-refractivity contribution in [3.8, 4) is 28.2 Å². The van der Waals surface area contributed by atoms with Crippen LogP contribution < -0.4 is 5.32 Å². The fourth-order valence-electron chi connectivity index (χ4n) is 3.76. The van der Waals surface area contributed by atoms with Gasteiger partial charge in [0.2, 0.25) is 5.91 Å². The summed E-state index contributed by atoms with van der Waals surface area (Å²) in [5.41, 5.74) is 6.53. The lowest BCUT2D eigenvalue weighted by atomic mass is 10.0. The van der Waals surface area contributed by atoms with Crippen molar-refractivity contribution >= 4 is 28.5 Å². The summed E-state index contributed by atoms with van der Waals surface area (Å²) in [6.07, 6.45) is 8.67. The summed E-state index contributed by atoms with van der Waals surface area (Å²) in [6.45, 7) is 4.34. The zero-order chi connectivity index (χ0) is 24.9. The first-order valence-electron chi connectivity index (χ1n) is 11.7. The van der Waals surface area contributed by atoms with Gasteiger partial charge < -0.3 is 0 Å². The molecule has 36 heavy (non-hydrogen) atoms. The van der Waals surface area contributed by atoms with E-state index in [4.69, 9.17) is 5.10 Å². The SMILES string of the molecule is CC(C)c1ccc(-c2csc(NC(=O)C=Cc3cn(-c4ccccc4)nc3-c3cccnc3)n2)cc1. The quantitative estimate of drug-likeness (QED) is 0.253. The monoisotopic (exact) mass is 491 g/mol. The molecule has 0 aliphatic carbocycles. The van der Waals surface area contributed by atoms with E-state index in [9.17, 15) is 4.79 Å². The minimum atomic E-state index is -0.254. The van der Waals surface area contributed by atoms with Crippen LogP contribution in [0.25, 0.3) is 34.3 Å². The topological polar surface area (TPSA) is 72.7 Å². The molecule has 178 valence electrons. The molecule has 3 aromatic heterocycles. The molecule has 0 saturated carbocycles. The molecule has 0 radical (unpaired) electrons. The number of pyridine rings is 1. The predicted molar refractivity (Wildman–Crippen MR) is 146 cm³/mol. The van der Waals surface area contributed by atoms with Gasteiger partial charge >= 0.3 is 0 Å². The van der Waals surface area contributed by atoms with Gasteiger partial charge in [-0.1, -0.05) is 56.3 Å². The van der Waals surface area contributed by atoms with E-state index in [2.05, 4.69) is 53.4 Å². The van der Waals surface area contributed by atoms with Crippen LogP contribution in [-0.4, -0.2) is 25.7 Å². The molecule has 6 nitrogen and oxygen atoms in total. The summed E-state index contributed by atoms with van der Waals surface area (Å²) in [5, 5.41) is 10.1. The number of para-hydroxylation sites is 1. The minimum absolute atomic E-state index is 0.254. The molecule has 5 aromatic rings. The number of nitrogens with zero attached hydrogens (tertiary/aromatic N) is 4. The van der Waals surface area contributed by atoms with Gasteiger partial charge in [0.25, 0.3) is 0 Å². The highest BCUT2D eigenvalue weighted by Crippen LogP contribution is 2.27. The number of amides is 1. The fourth-order valence-corrected chi connectivity index (χ4v) is 4.49. The zero-order valence-electron chi connectivity index (χ0n) is 20.0. The molecule has 0 spiro atoms. The molecule has 0 bridgehead atoms. The molecule has 0 fully saturated rings. The highest BCUT2D eigenvalue weighted by atomic mass is 32.1. The van der Waals surface area contributed by atoms with Crippen molar-refractivity contribution in [2.45, 2.75) is 19.8 Å². The number of carbonyl (C=O) groups excluding carboxylic acids is 1. The van der Waals surface area contributed by atoms with Crippen molar-refractivity contribution in [2.75, 3.05) is 5.32 Å². The Balaban J connectivity index is 1.34. The van der Waals surface area contributed by atoms with Crippen molar-refractivity contribution in [2.24, 2.45) is 0 Å². The van der Waals surface area contributed by atoms with Crippen LogP contribution in [0.1, 0.15) is 30.9 Å². The van der Waals surface area contributed by atoms with Gasteiger partial charge in [-0.15, -0.1) is 11.3 Å². The van der Waals surface area contributed by atoms with Crippen molar-refractivity contribution in [1.29, 1.82) is 0 Å². The molecule has 5 rings (SSSR count). The van der Waals surface area contributed by atoms with E-state index < -0.39 is 0 Å². The number of rotatable bonds is 7. The zero-order valence-corrected chi connectivity index (χ0v) is 20.8. The number of aromatic nitrogens is 4. The molecule has 1 amide bonds. The van der Waals surface area contributed by atoms with Crippen molar-refractivity contribution < 1.29 is 4.79 Å². The van der Waals surface area contributed by atoms with Gasteiger partial charge in [0.05, 0.1) is 11.4 Å². The lowest BCUT2D eigenvalue weighted by Crippen LogP contribution is -2.07. The van der Waals surface area contributed by atoms with Crippen LogP contribution in [0.15, 0.2) is 96.8 Å². The number of benzene rings is 2. The number of carbonyl (C=O) groups is 1. The normalized spacial score (nSPS) is 11.3.